The summed E-state index contributed by atoms with van der Waals surface area (Å²) in [4.78, 5) is 44.5. The number of carbonyl (C=O) groups excluding carboxylic acids is 2. The van der Waals surface area contributed by atoms with Gasteiger partial charge in [-0.15, -0.1) is 0 Å². The second-order valence-electron chi connectivity index (χ2n) is 10.0. The van der Waals surface area contributed by atoms with Gasteiger partial charge in [0.15, 0.2) is 11.5 Å². The van der Waals surface area contributed by atoms with Gasteiger partial charge >= 0.3 is 5.97 Å². The quantitative estimate of drug-likeness (QED) is 0.203. The molecule has 4 rings (SSSR count). The number of ketones is 1. The lowest BCUT2D eigenvalue weighted by molar-refractivity contribution is 0.00694. The number of pyridine rings is 1. The van der Waals surface area contributed by atoms with Crippen LogP contribution < -0.4 is 15.0 Å². The Labute approximate surface area is 227 Å². The van der Waals surface area contributed by atoms with E-state index >= 15 is 0 Å². The fourth-order valence-corrected chi connectivity index (χ4v) is 3.74. The van der Waals surface area contributed by atoms with Gasteiger partial charge in [0, 0.05) is 12.5 Å². The lowest BCUT2D eigenvalue weighted by Crippen LogP contribution is -2.24. The van der Waals surface area contributed by atoms with Crippen LogP contribution in [0.25, 0.3) is 0 Å². The second kappa shape index (κ2) is 12.3. The lowest BCUT2D eigenvalue weighted by Gasteiger charge is -2.19. The van der Waals surface area contributed by atoms with E-state index in [0.717, 1.165) is 11.1 Å². The van der Waals surface area contributed by atoms with Crippen LogP contribution >= 0.6 is 0 Å². The van der Waals surface area contributed by atoms with Crippen molar-refractivity contribution in [2.45, 2.75) is 46.0 Å². The van der Waals surface area contributed by atoms with E-state index in [4.69, 9.17) is 14.3 Å². The summed E-state index contributed by atoms with van der Waals surface area (Å²) in [6.07, 6.45) is 1.42. The highest BCUT2D eigenvalue weighted by molar-refractivity contribution is 5.96. The van der Waals surface area contributed by atoms with E-state index in [-0.39, 0.29) is 36.9 Å². The Hall–Kier alpha value is -4.65. The smallest absolute Gasteiger partial charge is 0.338 e. The summed E-state index contributed by atoms with van der Waals surface area (Å²) >= 11 is 0. The molecule has 0 bridgehead atoms. The van der Waals surface area contributed by atoms with Crippen molar-refractivity contribution in [3.05, 3.63) is 135 Å². The first-order chi connectivity index (χ1) is 18.7. The van der Waals surface area contributed by atoms with Gasteiger partial charge in [0.25, 0.3) is 0 Å². The minimum atomic E-state index is -0.605. The molecule has 0 atom stereocenters. The Morgan fingerprint density at radius 3 is 1.95 bits per heavy atom. The molecule has 0 N–H and O–H groups in total. The van der Waals surface area contributed by atoms with Crippen LogP contribution in [0.15, 0.2) is 102 Å². The predicted molar refractivity (Wildman–Crippen MR) is 148 cm³/mol. The topological polar surface area (TPSA) is 83.8 Å². The summed E-state index contributed by atoms with van der Waals surface area (Å²) in [5.41, 5.74) is 1.95. The molecule has 0 aliphatic heterocycles. The monoisotopic (exact) mass is 525 g/mol. The second-order valence-corrected chi connectivity index (χ2v) is 10.0. The van der Waals surface area contributed by atoms with Gasteiger partial charge in [0.2, 0.25) is 5.43 Å². The van der Waals surface area contributed by atoms with E-state index < -0.39 is 17.0 Å². The first-order valence-corrected chi connectivity index (χ1v) is 12.6. The molecule has 0 amide bonds. The maximum absolute atomic E-state index is 13.3. The van der Waals surface area contributed by atoms with Crippen molar-refractivity contribution in [2.75, 3.05) is 0 Å². The van der Waals surface area contributed by atoms with Crippen LogP contribution in [0, 0.1) is 0 Å². The van der Waals surface area contributed by atoms with Crippen molar-refractivity contribution < 1.29 is 23.9 Å². The van der Waals surface area contributed by atoms with Crippen molar-refractivity contribution in [3.8, 4) is 5.75 Å². The van der Waals surface area contributed by atoms with Crippen LogP contribution in [0.1, 0.15) is 58.3 Å². The summed E-state index contributed by atoms with van der Waals surface area (Å²) in [7, 11) is 0. The number of benzene rings is 3. The molecule has 200 valence electrons. The van der Waals surface area contributed by atoms with E-state index in [9.17, 15) is 14.4 Å². The van der Waals surface area contributed by atoms with Gasteiger partial charge in [-0.05, 0) is 49.6 Å². The molecule has 0 saturated carbocycles. The number of Topliss-reactive ketones (excluding diaryl/α,β-unsaturated/α-hetero) is 1. The average molecular weight is 526 g/mol. The van der Waals surface area contributed by atoms with Crippen molar-refractivity contribution in [2.24, 2.45) is 0 Å². The fourth-order valence-electron chi connectivity index (χ4n) is 3.74. The molecule has 0 fully saturated rings. The summed E-state index contributed by atoms with van der Waals surface area (Å²) in [6.45, 7) is 5.79. The Balaban J connectivity index is 1.54. The third-order valence-electron chi connectivity index (χ3n) is 5.67. The molecule has 3 aromatic carbocycles. The average Bonchev–Trinajstić information content (AvgIpc) is 2.92. The molecule has 1 aromatic heterocycles. The minimum Gasteiger partial charge on any atom is -0.483 e. The molecule has 1 heterocycles. The number of hydrogen-bond donors (Lipinski definition) is 0. The molecular formula is C32H31NO6. The molecule has 0 saturated heterocycles. The fraction of sp³-hybridized carbons (Fsp3) is 0.219. The van der Waals surface area contributed by atoms with Crippen molar-refractivity contribution >= 4 is 11.8 Å². The van der Waals surface area contributed by atoms with Crippen LogP contribution in [0.3, 0.4) is 0 Å². The molecule has 4 aromatic rings. The number of esters is 1. The van der Waals surface area contributed by atoms with Crippen LogP contribution in [-0.2, 0) is 24.4 Å². The molecule has 39 heavy (non-hydrogen) atoms. The minimum absolute atomic E-state index is 0.00690. The zero-order valence-electron chi connectivity index (χ0n) is 22.3. The van der Waals surface area contributed by atoms with Gasteiger partial charge in [0.05, 0.1) is 11.8 Å². The Kier molecular flexibility index (Phi) is 8.61. The number of ether oxygens (including phenoxy) is 2. The highest BCUT2D eigenvalue weighted by Crippen LogP contribution is 2.16. The molecule has 0 unspecified atom stereocenters. The molecule has 0 aliphatic rings. The summed E-state index contributed by atoms with van der Waals surface area (Å²) in [5, 5.41) is 0. The van der Waals surface area contributed by atoms with E-state index in [0.29, 0.717) is 11.1 Å². The Morgan fingerprint density at radius 2 is 1.36 bits per heavy atom. The maximum atomic E-state index is 13.3. The molecule has 7 heteroatoms. The van der Waals surface area contributed by atoms with Crippen molar-refractivity contribution in [3.63, 3.8) is 0 Å². The summed E-state index contributed by atoms with van der Waals surface area (Å²) in [6, 6.07) is 26.9. The first kappa shape index (κ1) is 27.4. The number of rotatable bonds is 10. The van der Waals surface area contributed by atoms with E-state index in [1.165, 1.54) is 17.0 Å². The molecule has 7 nitrogen and oxygen atoms in total. The molecule has 0 aliphatic carbocycles. The number of hydrogen-bond acceptors (Lipinski definition) is 6. The predicted octanol–water partition coefficient (Wildman–Crippen LogP) is 5.44. The van der Waals surface area contributed by atoms with Gasteiger partial charge in [-0.2, -0.15) is 4.73 Å². The van der Waals surface area contributed by atoms with Gasteiger partial charge in [-0.25, -0.2) is 4.79 Å². The molecular weight excluding hydrogens is 494 g/mol. The molecule has 0 radical (unpaired) electrons. The number of nitrogens with zero attached hydrogens (tertiary/aromatic N) is 1. The highest BCUT2D eigenvalue weighted by atomic mass is 16.7. The largest absolute Gasteiger partial charge is 0.483 e. The summed E-state index contributed by atoms with van der Waals surface area (Å²) < 4.78 is 12.5. The van der Waals surface area contributed by atoms with Gasteiger partial charge < -0.3 is 14.3 Å². The normalized spacial score (nSPS) is 11.1. The summed E-state index contributed by atoms with van der Waals surface area (Å²) in [5.74, 6) is -0.681. The first-order valence-electron chi connectivity index (χ1n) is 12.6. The standard InChI is InChI=1S/C32H31NO6/c1-32(2,3)39-31(36)26-16-14-23(15-17-26)18-28(34)27-19-29(35)30(37-21-24-10-6-4-7-11-24)20-33(27)38-22-25-12-8-5-9-13-25/h4-17,19-20H,18,21-22H2,1-3H3. The van der Waals surface area contributed by atoms with E-state index in [1.54, 1.807) is 45.0 Å². The van der Waals surface area contributed by atoms with E-state index in [2.05, 4.69) is 0 Å². The SMILES string of the molecule is CC(C)(C)OC(=O)c1ccc(CC(=O)c2cc(=O)c(OCc3ccccc3)cn2OCc2ccccc2)cc1. The molecule has 0 spiro atoms. The third kappa shape index (κ3) is 7.92. The van der Waals surface area contributed by atoms with Crippen LogP contribution in [-0.4, -0.2) is 22.1 Å². The van der Waals surface area contributed by atoms with Crippen molar-refractivity contribution in [1.82, 2.24) is 4.73 Å². The Morgan fingerprint density at radius 1 is 0.769 bits per heavy atom. The highest BCUT2D eigenvalue weighted by Gasteiger charge is 2.19. The van der Waals surface area contributed by atoms with Gasteiger partial charge in [0.1, 0.15) is 24.5 Å². The number of aromatic nitrogens is 1. The van der Waals surface area contributed by atoms with Gasteiger partial charge in [-0.3, -0.25) is 9.59 Å². The number of carbonyl (C=O) groups is 2. The van der Waals surface area contributed by atoms with Crippen LogP contribution in [0.4, 0.5) is 0 Å². The Bertz CT molecular complexity index is 1470. The van der Waals surface area contributed by atoms with Crippen LogP contribution in [0.2, 0.25) is 0 Å². The third-order valence-corrected chi connectivity index (χ3v) is 5.67. The van der Waals surface area contributed by atoms with Crippen LogP contribution in [0.5, 0.6) is 5.75 Å². The van der Waals surface area contributed by atoms with Gasteiger partial charge in [-0.1, -0.05) is 72.8 Å². The van der Waals surface area contributed by atoms with Crippen molar-refractivity contribution in [1.29, 1.82) is 0 Å². The zero-order valence-corrected chi connectivity index (χ0v) is 22.3. The van der Waals surface area contributed by atoms with E-state index in [1.807, 2.05) is 60.7 Å². The zero-order chi connectivity index (χ0) is 27.8. The maximum Gasteiger partial charge on any atom is 0.338 e. The lowest BCUT2D eigenvalue weighted by atomic mass is 10.0.